The maximum Gasteiger partial charge on any atom is 0.161 e. The van der Waals surface area contributed by atoms with Crippen LogP contribution in [0.4, 0.5) is 0 Å². The summed E-state index contributed by atoms with van der Waals surface area (Å²) in [5.41, 5.74) is 1.35. The quantitative estimate of drug-likeness (QED) is 0.711. The van der Waals surface area contributed by atoms with Gasteiger partial charge in [0, 0.05) is 11.5 Å². The first kappa shape index (κ1) is 13.8. The highest BCUT2D eigenvalue weighted by atomic mass is 32.2. The smallest absolute Gasteiger partial charge is 0.161 e. The molecule has 19 heavy (non-hydrogen) atoms. The third-order valence-electron chi connectivity index (χ3n) is 2.67. The Morgan fingerprint density at radius 3 is 2.32 bits per heavy atom. The van der Waals surface area contributed by atoms with Gasteiger partial charge in [0.1, 0.15) is 0 Å². The van der Waals surface area contributed by atoms with E-state index >= 15 is 0 Å². The summed E-state index contributed by atoms with van der Waals surface area (Å²) in [6.45, 7) is 0.692. The van der Waals surface area contributed by atoms with Crippen molar-refractivity contribution >= 4 is 11.8 Å². The molecule has 2 rings (SSSR count). The molecule has 0 atom stereocenters. The van der Waals surface area contributed by atoms with Crippen LogP contribution in [0.5, 0.6) is 11.5 Å². The first-order chi connectivity index (χ1) is 9.40. The number of hydrogen-bond donors (Lipinski definition) is 0. The van der Waals surface area contributed by atoms with E-state index in [0.717, 1.165) is 23.0 Å². The summed E-state index contributed by atoms with van der Waals surface area (Å²) in [5, 5.41) is 0. The Bertz CT molecular complexity index is 485. The molecule has 0 saturated heterocycles. The fourth-order valence-electron chi connectivity index (χ4n) is 1.71. The SMILES string of the molecule is COc1ccccc1OCCSCc1ccccc1. The van der Waals surface area contributed by atoms with Crippen molar-refractivity contribution < 1.29 is 9.47 Å². The van der Waals surface area contributed by atoms with Gasteiger partial charge in [-0.1, -0.05) is 42.5 Å². The number of ether oxygens (including phenoxy) is 2. The van der Waals surface area contributed by atoms with Crippen molar-refractivity contribution in [3.8, 4) is 11.5 Å². The maximum absolute atomic E-state index is 5.72. The fraction of sp³-hybridized carbons (Fsp3) is 0.250. The predicted octanol–water partition coefficient (Wildman–Crippen LogP) is 4.01. The average molecular weight is 274 g/mol. The largest absolute Gasteiger partial charge is 0.493 e. The number of para-hydroxylation sites is 2. The van der Waals surface area contributed by atoms with Gasteiger partial charge in [-0.15, -0.1) is 0 Å². The van der Waals surface area contributed by atoms with E-state index in [1.54, 1.807) is 7.11 Å². The lowest BCUT2D eigenvalue weighted by molar-refractivity contribution is 0.313. The van der Waals surface area contributed by atoms with Crippen molar-refractivity contribution in [3.05, 3.63) is 60.2 Å². The lowest BCUT2D eigenvalue weighted by Crippen LogP contribution is -2.01. The van der Waals surface area contributed by atoms with E-state index in [-0.39, 0.29) is 0 Å². The molecular weight excluding hydrogens is 256 g/mol. The van der Waals surface area contributed by atoms with Gasteiger partial charge >= 0.3 is 0 Å². The first-order valence-corrected chi connectivity index (χ1v) is 7.43. The molecule has 0 aliphatic rings. The molecule has 0 saturated carbocycles. The van der Waals surface area contributed by atoms with Crippen LogP contribution >= 0.6 is 11.8 Å². The minimum Gasteiger partial charge on any atom is -0.493 e. The lowest BCUT2D eigenvalue weighted by Gasteiger charge is -2.09. The van der Waals surface area contributed by atoms with E-state index in [9.17, 15) is 0 Å². The van der Waals surface area contributed by atoms with Crippen LogP contribution in [-0.4, -0.2) is 19.5 Å². The van der Waals surface area contributed by atoms with Crippen LogP contribution in [0.25, 0.3) is 0 Å². The molecule has 2 aromatic carbocycles. The Morgan fingerprint density at radius 2 is 1.58 bits per heavy atom. The fourth-order valence-corrected chi connectivity index (χ4v) is 2.49. The predicted molar refractivity (Wildman–Crippen MR) is 81.1 cm³/mol. The second-order valence-electron chi connectivity index (χ2n) is 4.04. The molecule has 0 aromatic heterocycles. The minimum absolute atomic E-state index is 0.692. The lowest BCUT2D eigenvalue weighted by atomic mass is 10.2. The molecule has 0 radical (unpaired) electrons. The molecule has 0 spiro atoms. The van der Waals surface area contributed by atoms with Crippen LogP contribution in [-0.2, 0) is 5.75 Å². The van der Waals surface area contributed by atoms with E-state index in [2.05, 4.69) is 24.3 Å². The second-order valence-corrected chi connectivity index (χ2v) is 5.14. The molecule has 0 aliphatic heterocycles. The number of benzene rings is 2. The van der Waals surface area contributed by atoms with Crippen molar-refractivity contribution in [1.82, 2.24) is 0 Å². The van der Waals surface area contributed by atoms with Gasteiger partial charge in [-0.2, -0.15) is 11.8 Å². The summed E-state index contributed by atoms with van der Waals surface area (Å²) in [5.74, 6) is 3.59. The summed E-state index contributed by atoms with van der Waals surface area (Å²) in [6, 6.07) is 18.2. The zero-order valence-corrected chi connectivity index (χ0v) is 11.9. The number of rotatable bonds is 7. The Morgan fingerprint density at radius 1 is 0.895 bits per heavy atom. The molecule has 0 fully saturated rings. The topological polar surface area (TPSA) is 18.5 Å². The summed E-state index contributed by atoms with van der Waals surface area (Å²) >= 11 is 1.87. The van der Waals surface area contributed by atoms with E-state index in [0.29, 0.717) is 6.61 Å². The van der Waals surface area contributed by atoms with Crippen LogP contribution in [0.3, 0.4) is 0 Å². The van der Waals surface area contributed by atoms with Crippen molar-refractivity contribution in [1.29, 1.82) is 0 Å². The summed E-state index contributed by atoms with van der Waals surface area (Å²) in [7, 11) is 1.66. The Kier molecular flexibility index (Phi) is 5.63. The van der Waals surface area contributed by atoms with Gasteiger partial charge in [0.2, 0.25) is 0 Å². The van der Waals surface area contributed by atoms with Crippen LogP contribution in [0.2, 0.25) is 0 Å². The van der Waals surface area contributed by atoms with Gasteiger partial charge in [0.05, 0.1) is 13.7 Å². The normalized spacial score (nSPS) is 10.2. The maximum atomic E-state index is 5.72. The summed E-state index contributed by atoms with van der Waals surface area (Å²) < 4.78 is 11.0. The molecule has 0 aliphatic carbocycles. The minimum atomic E-state index is 0.692. The van der Waals surface area contributed by atoms with Crippen molar-refractivity contribution in [2.24, 2.45) is 0 Å². The Hall–Kier alpha value is -1.61. The van der Waals surface area contributed by atoms with E-state index < -0.39 is 0 Å². The Labute approximate surface area is 118 Å². The van der Waals surface area contributed by atoms with Crippen LogP contribution < -0.4 is 9.47 Å². The molecule has 0 heterocycles. The average Bonchev–Trinajstić information content (AvgIpc) is 2.48. The monoisotopic (exact) mass is 274 g/mol. The molecule has 2 nitrogen and oxygen atoms in total. The molecule has 0 N–H and O–H groups in total. The standard InChI is InChI=1S/C16H18O2S/c1-17-15-9-5-6-10-16(15)18-11-12-19-13-14-7-3-2-4-8-14/h2-10H,11-13H2,1H3. The van der Waals surface area contributed by atoms with E-state index in [1.807, 2.05) is 42.1 Å². The Balaban J connectivity index is 1.69. The molecule has 0 unspecified atom stereocenters. The highest BCUT2D eigenvalue weighted by Crippen LogP contribution is 2.25. The summed E-state index contributed by atoms with van der Waals surface area (Å²) in [4.78, 5) is 0. The highest BCUT2D eigenvalue weighted by molar-refractivity contribution is 7.98. The molecule has 0 amide bonds. The zero-order chi connectivity index (χ0) is 13.3. The van der Waals surface area contributed by atoms with Gasteiger partial charge in [-0.25, -0.2) is 0 Å². The van der Waals surface area contributed by atoms with Gasteiger partial charge in [0.15, 0.2) is 11.5 Å². The number of hydrogen-bond acceptors (Lipinski definition) is 3. The van der Waals surface area contributed by atoms with Crippen molar-refractivity contribution in [3.63, 3.8) is 0 Å². The third-order valence-corrected chi connectivity index (χ3v) is 3.66. The number of thioether (sulfide) groups is 1. The van der Waals surface area contributed by atoms with E-state index in [1.165, 1.54) is 5.56 Å². The van der Waals surface area contributed by atoms with Crippen molar-refractivity contribution in [2.45, 2.75) is 5.75 Å². The van der Waals surface area contributed by atoms with Gasteiger partial charge in [-0.3, -0.25) is 0 Å². The number of methoxy groups -OCH3 is 1. The van der Waals surface area contributed by atoms with E-state index in [4.69, 9.17) is 9.47 Å². The summed E-state index contributed by atoms with van der Waals surface area (Å²) in [6.07, 6.45) is 0. The van der Waals surface area contributed by atoms with Gasteiger partial charge in [-0.05, 0) is 17.7 Å². The second kappa shape index (κ2) is 7.74. The molecular formula is C16H18O2S. The van der Waals surface area contributed by atoms with Crippen LogP contribution in [0.1, 0.15) is 5.56 Å². The third kappa shape index (κ3) is 4.52. The van der Waals surface area contributed by atoms with Crippen LogP contribution in [0.15, 0.2) is 54.6 Å². The molecule has 3 heteroatoms. The highest BCUT2D eigenvalue weighted by Gasteiger charge is 2.01. The zero-order valence-electron chi connectivity index (χ0n) is 11.0. The van der Waals surface area contributed by atoms with Gasteiger partial charge in [0.25, 0.3) is 0 Å². The molecule has 100 valence electrons. The van der Waals surface area contributed by atoms with Crippen LogP contribution in [0, 0.1) is 0 Å². The first-order valence-electron chi connectivity index (χ1n) is 6.27. The molecule has 0 bridgehead atoms. The van der Waals surface area contributed by atoms with Gasteiger partial charge < -0.3 is 9.47 Å². The van der Waals surface area contributed by atoms with Crippen molar-refractivity contribution in [2.75, 3.05) is 19.5 Å². The molecule has 2 aromatic rings.